The molecule has 32 heavy (non-hydrogen) atoms. The minimum Gasteiger partial charge on any atom is -0.394 e. The van der Waals surface area contributed by atoms with Gasteiger partial charge in [0.1, 0.15) is 5.56 Å². The van der Waals surface area contributed by atoms with Crippen molar-refractivity contribution >= 4 is 11.7 Å². The number of nitrogens with zero attached hydrogens (tertiary/aromatic N) is 2. The highest BCUT2D eigenvalue weighted by molar-refractivity contribution is 6.02. The van der Waals surface area contributed by atoms with Crippen molar-refractivity contribution < 1.29 is 14.7 Å². The summed E-state index contributed by atoms with van der Waals surface area (Å²) in [6.07, 6.45) is 1.01. The molecule has 1 amide bonds. The molecule has 1 saturated heterocycles. The van der Waals surface area contributed by atoms with Gasteiger partial charge in [-0.3, -0.25) is 19.3 Å². The smallest absolute Gasteiger partial charge is 0.261 e. The van der Waals surface area contributed by atoms with Crippen molar-refractivity contribution in [1.29, 1.82) is 0 Å². The zero-order valence-corrected chi connectivity index (χ0v) is 19.0. The number of hydrogen-bond acceptors (Lipinski definition) is 5. The Kier molecular flexibility index (Phi) is 6.05. The summed E-state index contributed by atoms with van der Waals surface area (Å²) in [5.41, 5.74) is 2.68. The van der Waals surface area contributed by atoms with E-state index in [9.17, 15) is 19.5 Å². The van der Waals surface area contributed by atoms with Crippen molar-refractivity contribution in [2.75, 3.05) is 32.8 Å². The summed E-state index contributed by atoms with van der Waals surface area (Å²) in [7, 11) is 0. The van der Waals surface area contributed by atoms with Crippen molar-refractivity contribution in [2.45, 2.75) is 39.7 Å². The maximum atomic E-state index is 13.1. The SMILES string of the molecule is Cc1cccc(C(CO)N2CCN(C(=O)c3cc4c([nH]c3=O)CC(C)(C)CC4=O)CC2)c1. The fourth-order valence-corrected chi connectivity index (χ4v) is 4.90. The number of ketones is 1. The van der Waals surface area contributed by atoms with Gasteiger partial charge in [-0.25, -0.2) is 0 Å². The van der Waals surface area contributed by atoms with Crippen LogP contribution in [0.25, 0.3) is 0 Å². The number of aromatic amines is 1. The highest BCUT2D eigenvalue weighted by Crippen LogP contribution is 2.33. The lowest BCUT2D eigenvalue weighted by Crippen LogP contribution is -2.51. The lowest BCUT2D eigenvalue weighted by molar-refractivity contribution is 0.0476. The largest absolute Gasteiger partial charge is 0.394 e. The summed E-state index contributed by atoms with van der Waals surface area (Å²) in [6, 6.07) is 9.46. The number of carbonyl (C=O) groups excluding carboxylic acids is 2. The van der Waals surface area contributed by atoms with E-state index in [0.717, 1.165) is 11.1 Å². The molecule has 2 N–H and O–H groups in total. The molecule has 2 aromatic rings. The number of aryl methyl sites for hydroxylation is 1. The third-order valence-electron chi connectivity index (χ3n) is 6.59. The summed E-state index contributed by atoms with van der Waals surface area (Å²) in [4.78, 5) is 45.0. The van der Waals surface area contributed by atoms with Gasteiger partial charge in [-0.2, -0.15) is 0 Å². The van der Waals surface area contributed by atoms with Crippen LogP contribution in [0.2, 0.25) is 0 Å². The minimum absolute atomic E-state index is 0.000347. The molecule has 0 bridgehead atoms. The van der Waals surface area contributed by atoms with Gasteiger partial charge in [0.25, 0.3) is 11.5 Å². The van der Waals surface area contributed by atoms with Crippen molar-refractivity contribution in [3.05, 3.63) is 68.6 Å². The molecule has 7 heteroatoms. The van der Waals surface area contributed by atoms with Gasteiger partial charge < -0.3 is 15.0 Å². The Bertz CT molecular complexity index is 1100. The molecular weight excluding hydrogens is 406 g/mol. The van der Waals surface area contributed by atoms with E-state index in [2.05, 4.69) is 16.0 Å². The molecule has 0 radical (unpaired) electrons. The summed E-state index contributed by atoms with van der Waals surface area (Å²) in [6.45, 7) is 8.14. The van der Waals surface area contributed by atoms with Gasteiger partial charge in [0, 0.05) is 43.9 Å². The predicted molar refractivity (Wildman–Crippen MR) is 122 cm³/mol. The van der Waals surface area contributed by atoms with E-state index >= 15 is 0 Å². The van der Waals surface area contributed by atoms with Crippen LogP contribution >= 0.6 is 0 Å². The standard InChI is InChI=1S/C25H31N3O4/c1-16-5-4-6-17(11-16)21(15-29)27-7-9-28(10-8-27)24(32)19-12-18-20(26-23(19)31)13-25(2,3)14-22(18)30/h4-6,11-12,21,29H,7-10,13-15H2,1-3H3,(H,26,31). The minimum atomic E-state index is -0.435. The molecule has 1 aliphatic heterocycles. The number of rotatable bonds is 4. The number of fused-ring (bicyclic) bond motifs is 1. The number of piperazine rings is 1. The van der Waals surface area contributed by atoms with E-state index in [1.165, 1.54) is 6.07 Å². The topological polar surface area (TPSA) is 93.7 Å². The molecule has 2 aliphatic rings. The Morgan fingerprint density at radius 1 is 1.12 bits per heavy atom. The molecule has 2 heterocycles. The lowest BCUT2D eigenvalue weighted by atomic mass is 9.75. The molecule has 4 rings (SSSR count). The number of benzene rings is 1. The van der Waals surface area contributed by atoms with Crippen LogP contribution in [0.3, 0.4) is 0 Å². The first-order chi connectivity index (χ1) is 15.2. The first kappa shape index (κ1) is 22.4. The Morgan fingerprint density at radius 2 is 1.84 bits per heavy atom. The van der Waals surface area contributed by atoms with Crippen molar-refractivity contribution in [2.24, 2.45) is 5.41 Å². The van der Waals surface area contributed by atoms with Gasteiger partial charge in [0.15, 0.2) is 5.78 Å². The van der Waals surface area contributed by atoms with Crippen molar-refractivity contribution in [3.63, 3.8) is 0 Å². The second kappa shape index (κ2) is 8.64. The van der Waals surface area contributed by atoms with Gasteiger partial charge in [-0.1, -0.05) is 43.7 Å². The van der Waals surface area contributed by atoms with E-state index in [0.29, 0.717) is 50.3 Å². The van der Waals surface area contributed by atoms with Gasteiger partial charge in [-0.05, 0) is 30.4 Å². The van der Waals surface area contributed by atoms with Crippen LogP contribution in [-0.4, -0.2) is 64.4 Å². The number of H-pyrrole nitrogens is 1. The Morgan fingerprint density at radius 3 is 2.50 bits per heavy atom. The van der Waals surface area contributed by atoms with Gasteiger partial charge in [-0.15, -0.1) is 0 Å². The fraction of sp³-hybridized carbons (Fsp3) is 0.480. The number of carbonyl (C=O) groups is 2. The molecular formula is C25H31N3O4. The quantitative estimate of drug-likeness (QED) is 0.766. The predicted octanol–water partition coefficient (Wildman–Crippen LogP) is 2.33. The zero-order chi connectivity index (χ0) is 23.0. The average Bonchev–Trinajstić information content (AvgIpc) is 2.73. The number of nitrogens with one attached hydrogen (secondary N) is 1. The molecule has 1 aromatic heterocycles. The van der Waals surface area contributed by atoms with Crippen molar-refractivity contribution in [3.8, 4) is 0 Å². The van der Waals surface area contributed by atoms with Crippen LogP contribution in [0.5, 0.6) is 0 Å². The van der Waals surface area contributed by atoms with Crippen LogP contribution in [0.15, 0.2) is 35.1 Å². The van der Waals surface area contributed by atoms with Crippen LogP contribution in [0, 0.1) is 12.3 Å². The Balaban J connectivity index is 1.49. The van der Waals surface area contributed by atoms with E-state index in [-0.39, 0.29) is 35.3 Å². The van der Waals surface area contributed by atoms with E-state index in [1.54, 1.807) is 4.90 Å². The molecule has 7 nitrogen and oxygen atoms in total. The first-order valence-corrected chi connectivity index (χ1v) is 11.2. The van der Waals surface area contributed by atoms with E-state index in [4.69, 9.17) is 0 Å². The number of aliphatic hydroxyl groups excluding tert-OH is 1. The van der Waals surface area contributed by atoms with Crippen LogP contribution in [0.4, 0.5) is 0 Å². The monoisotopic (exact) mass is 437 g/mol. The number of aliphatic hydroxyl groups is 1. The Labute approximate surface area is 188 Å². The summed E-state index contributed by atoms with van der Waals surface area (Å²) in [5.74, 6) is -0.377. The maximum Gasteiger partial charge on any atom is 0.261 e. The second-order valence-electron chi connectivity index (χ2n) is 9.79. The molecule has 0 saturated carbocycles. The number of amides is 1. The molecule has 1 aromatic carbocycles. The Hall–Kier alpha value is -2.77. The van der Waals surface area contributed by atoms with E-state index < -0.39 is 5.56 Å². The molecule has 1 atom stereocenters. The molecule has 0 spiro atoms. The summed E-state index contributed by atoms with van der Waals surface area (Å²) < 4.78 is 0. The van der Waals surface area contributed by atoms with Crippen LogP contribution in [-0.2, 0) is 6.42 Å². The van der Waals surface area contributed by atoms with Gasteiger partial charge in [0.2, 0.25) is 0 Å². The lowest BCUT2D eigenvalue weighted by Gasteiger charge is -2.39. The highest BCUT2D eigenvalue weighted by atomic mass is 16.3. The second-order valence-corrected chi connectivity index (χ2v) is 9.79. The first-order valence-electron chi connectivity index (χ1n) is 11.2. The number of Topliss-reactive ketones (excluding diaryl/α,β-unsaturated/α-hetero) is 1. The third-order valence-corrected chi connectivity index (χ3v) is 6.59. The average molecular weight is 438 g/mol. The normalized spacial score (nSPS) is 19.5. The fourth-order valence-electron chi connectivity index (χ4n) is 4.90. The molecule has 1 unspecified atom stereocenters. The highest BCUT2D eigenvalue weighted by Gasteiger charge is 2.34. The maximum absolute atomic E-state index is 13.1. The summed E-state index contributed by atoms with van der Waals surface area (Å²) >= 11 is 0. The van der Waals surface area contributed by atoms with Gasteiger partial charge >= 0.3 is 0 Å². The van der Waals surface area contributed by atoms with Crippen LogP contribution < -0.4 is 5.56 Å². The molecule has 170 valence electrons. The van der Waals surface area contributed by atoms with Gasteiger partial charge in [0.05, 0.1) is 12.6 Å². The number of hydrogen-bond donors (Lipinski definition) is 2. The molecule has 1 fully saturated rings. The molecule has 1 aliphatic carbocycles. The third kappa shape index (κ3) is 4.40. The van der Waals surface area contributed by atoms with Crippen LogP contribution in [0.1, 0.15) is 63.8 Å². The van der Waals surface area contributed by atoms with Crippen molar-refractivity contribution in [1.82, 2.24) is 14.8 Å². The number of aromatic nitrogens is 1. The van der Waals surface area contributed by atoms with E-state index in [1.807, 2.05) is 39.0 Å². The number of pyridine rings is 1. The summed E-state index contributed by atoms with van der Waals surface area (Å²) in [5, 5.41) is 9.99. The zero-order valence-electron chi connectivity index (χ0n) is 19.0.